The Labute approximate surface area is 217 Å². The second-order valence-electron chi connectivity index (χ2n) is 8.72. The highest BCUT2D eigenvalue weighted by Gasteiger charge is 2.25. The number of anilines is 1. The van der Waals surface area contributed by atoms with Crippen LogP contribution >= 0.6 is 11.3 Å². The lowest BCUT2D eigenvalue weighted by atomic mass is 10.1. The van der Waals surface area contributed by atoms with Gasteiger partial charge in [0.2, 0.25) is 10.0 Å². The van der Waals surface area contributed by atoms with Gasteiger partial charge in [0.1, 0.15) is 0 Å². The normalized spacial score (nSPS) is 11.8. The predicted molar refractivity (Wildman–Crippen MR) is 147 cm³/mol. The quantitative estimate of drug-likeness (QED) is 0.247. The van der Waals surface area contributed by atoms with Crippen molar-refractivity contribution in [3.63, 3.8) is 0 Å². The van der Waals surface area contributed by atoms with E-state index in [4.69, 9.17) is 4.98 Å². The maximum atomic E-state index is 13.7. The van der Waals surface area contributed by atoms with Crippen molar-refractivity contribution in [3.05, 3.63) is 89.5 Å². The Kier molecular flexibility index (Phi) is 8.18. The second kappa shape index (κ2) is 11.3. The van der Waals surface area contributed by atoms with Gasteiger partial charge in [-0.3, -0.25) is 9.69 Å². The number of aromatic nitrogens is 1. The molecule has 188 valence electrons. The first-order valence-electron chi connectivity index (χ1n) is 12.2. The molecule has 0 bridgehead atoms. The molecule has 0 atom stereocenters. The number of hydrogen-bond donors (Lipinski definition) is 0. The maximum Gasteiger partial charge on any atom is 0.260 e. The van der Waals surface area contributed by atoms with E-state index in [1.807, 2.05) is 63.2 Å². The molecule has 0 aliphatic carbocycles. The molecule has 0 N–H and O–H groups in total. The SMILES string of the molecule is CCCCN(CC)S(=O)(=O)c1ccc(C(=O)N(Cc2ccccc2)c2nc3ccc(C)cc3s2)cc1. The highest BCUT2D eigenvalue weighted by atomic mass is 32.2. The number of carbonyl (C=O) groups excluding carboxylic acids is 1. The molecule has 0 spiro atoms. The fourth-order valence-electron chi connectivity index (χ4n) is 3.98. The van der Waals surface area contributed by atoms with Gasteiger partial charge in [0.25, 0.3) is 5.91 Å². The summed E-state index contributed by atoms with van der Waals surface area (Å²) in [7, 11) is -3.61. The molecule has 3 aromatic carbocycles. The number of thiazole rings is 1. The Bertz CT molecular complexity index is 1430. The molecule has 0 saturated heterocycles. The lowest BCUT2D eigenvalue weighted by Crippen LogP contribution is -2.32. The van der Waals surface area contributed by atoms with Crippen molar-refractivity contribution < 1.29 is 13.2 Å². The molecule has 1 amide bonds. The fraction of sp³-hybridized carbons (Fsp3) is 0.286. The highest BCUT2D eigenvalue weighted by molar-refractivity contribution is 7.89. The summed E-state index contributed by atoms with van der Waals surface area (Å²) < 4.78 is 28.7. The number of fused-ring (bicyclic) bond motifs is 1. The van der Waals surface area contributed by atoms with Crippen LogP contribution in [0.4, 0.5) is 5.13 Å². The van der Waals surface area contributed by atoms with E-state index in [0.29, 0.717) is 30.3 Å². The zero-order valence-electron chi connectivity index (χ0n) is 20.8. The van der Waals surface area contributed by atoms with E-state index in [1.165, 1.54) is 27.8 Å². The number of rotatable bonds is 10. The van der Waals surface area contributed by atoms with Crippen LogP contribution in [-0.4, -0.2) is 36.7 Å². The average Bonchev–Trinajstić information content (AvgIpc) is 3.31. The van der Waals surface area contributed by atoms with E-state index in [1.54, 1.807) is 17.0 Å². The zero-order valence-corrected chi connectivity index (χ0v) is 22.5. The number of amides is 1. The van der Waals surface area contributed by atoms with Crippen LogP contribution in [0.2, 0.25) is 0 Å². The van der Waals surface area contributed by atoms with E-state index < -0.39 is 10.0 Å². The minimum atomic E-state index is -3.61. The van der Waals surface area contributed by atoms with Crippen molar-refractivity contribution in [3.8, 4) is 0 Å². The molecule has 8 heteroatoms. The van der Waals surface area contributed by atoms with E-state index >= 15 is 0 Å². The number of nitrogens with zero attached hydrogens (tertiary/aromatic N) is 3. The molecule has 0 aliphatic rings. The first kappa shape index (κ1) is 26.0. The number of aryl methyl sites for hydroxylation is 1. The Hall–Kier alpha value is -3.07. The summed E-state index contributed by atoms with van der Waals surface area (Å²) in [5, 5.41) is 0.609. The Balaban J connectivity index is 1.66. The van der Waals surface area contributed by atoms with Crippen molar-refractivity contribution in [2.24, 2.45) is 0 Å². The monoisotopic (exact) mass is 521 g/mol. The van der Waals surface area contributed by atoms with Gasteiger partial charge in [0.05, 0.1) is 21.7 Å². The molecule has 0 unspecified atom stereocenters. The molecule has 0 aliphatic heterocycles. The van der Waals surface area contributed by atoms with Crippen molar-refractivity contribution in [1.29, 1.82) is 0 Å². The standard InChI is InChI=1S/C28H31N3O3S2/c1-4-6-18-30(5-2)36(33,34)24-15-13-23(14-16-24)27(32)31(20-22-10-8-7-9-11-22)28-29-25-17-12-21(3)19-26(25)35-28/h7-17,19H,4-6,18,20H2,1-3H3. The first-order valence-corrected chi connectivity index (χ1v) is 14.4. The van der Waals surface area contributed by atoms with Gasteiger partial charge in [-0.15, -0.1) is 0 Å². The molecule has 1 aromatic heterocycles. The fourth-order valence-corrected chi connectivity index (χ4v) is 6.53. The van der Waals surface area contributed by atoms with Gasteiger partial charge in [0, 0.05) is 18.7 Å². The summed E-state index contributed by atoms with van der Waals surface area (Å²) in [6.45, 7) is 7.16. The number of sulfonamides is 1. The smallest absolute Gasteiger partial charge is 0.260 e. The van der Waals surface area contributed by atoms with E-state index in [0.717, 1.165) is 34.2 Å². The molecule has 0 saturated carbocycles. The van der Waals surface area contributed by atoms with E-state index in [2.05, 4.69) is 6.07 Å². The minimum absolute atomic E-state index is 0.196. The molecule has 4 rings (SSSR count). The van der Waals surface area contributed by atoms with Crippen LogP contribution in [0.5, 0.6) is 0 Å². The molecule has 0 radical (unpaired) electrons. The van der Waals surface area contributed by atoms with Crippen LogP contribution in [0.3, 0.4) is 0 Å². The van der Waals surface area contributed by atoms with Crippen LogP contribution in [0, 0.1) is 6.92 Å². The summed E-state index contributed by atoms with van der Waals surface area (Å²) in [6, 6.07) is 22.1. The maximum absolute atomic E-state index is 13.7. The van der Waals surface area contributed by atoms with E-state index in [-0.39, 0.29) is 10.8 Å². The first-order chi connectivity index (χ1) is 17.3. The molecule has 4 aromatic rings. The molecule has 1 heterocycles. The summed E-state index contributed by atoms with van der Waals surface area (Å²) in [4.78, 5) is 20.3. The Morgan fingerprint density at radius 3 is 2.36 bits per heavy atom. The van der Waals surface area contributed by atoms with Crippen molar-refractivity contribution in [2.45, 2.75) is 45.1 Å². The van der Waals surface area contributed by atoms with Gasteiger partial charge in [-0.2, -0.15) is 4.31 Å². The summed E-state index contributed by atoms with van der Waals surface area (Å²) >= 11 is 1.48. The summed E-state index contributed by atoms with van der Waals surface area (Å²) in [5.41, 5.74) is 3.38. The zero-order chi connectivity index (χ0) is 25.7. The average molecular weight is 522 g/mol. The van der Waals surface area contributed by atoms with Gasteiger partial charge in [0.15, 0.2) is 5.13 Å². The van der Waals surface area contributed by atoms with Crippen LogP contribution in [-0.2, 0) is 16.6 Å². The lowest BCUT2D eigenvalue weighted by Gasteiger charge is -2.22. The van der Waals surface area contributed by atoms with Gasteiger partial charge >= 0.3 is 0 Å². The number of hydrogen-bond acceptors (Lipinski definition) is 5. The van der Waals surface area contributed by atoms with Crippen molar-refractivity contribution in [2.75, 3.05) is 18.0 Å². The molecule has 6 nitrogen and oxygen atoms in total. The Morgan fingerprint density at radius 1 is 0.972 bits per heavy atom. The third-order valence-electron chi connectivity index (χ3n) is 6.05. The molecule has 0 fully saturated rings. The lowest BCUT2D eigenvalue weighted by molar-refractivity contribution is 0.0985. The molecular formula is C28H31N3O3S2. The Morgan fingerprint density at radius 2 is 1.69 bits per heavy atom. The van der Waals surface area contributed by atoms with Gasteiger partial charge in [-0.05, 0) is 60.9 Å². The molecule has 36 heavy (non-hydrogen) atoms. The van der Waals surface area contributed by atoms with E-state index in [9.17, 15) is 13.2 Å². The summed E-state index contributed by atoms with van der Waals surface area (Å²) in [5.74, 6) is -0.225. The second-order valence-corrected chi connectivity index (χ2v) is 11.7. The minimum Gasteiger partial charge on any atom is -0.279 e. The van der Waals surface area contributed by atoms with Gasteiger partial charge in [-0.1, -0.05) is 68.0 Å². The van der Waals surface area contributed by atoms with Crippen LogP contribution in [0.25, 0.3) is 10.2 Å². The van der Waals surface area contributed by atoms with Gasteiger partial charge < -0.3 is 0 Å². The van der Waals surface area contributed by atoms with Crippen molar-refractivity contribution >= 4 is 42.6 Å². The van der Waals surface area contributed by atoms with Crippen molar-refractivity contribution in [1.82, 2.24) is 9.29 Å². The predicted octanol–water partition coefficient (Wildman–Crippen LogP) is 6.26. The van der Waals surface area contributed by atoms with Crippen LogP contribution < -0.4 is 4.90 Å². The topological polar surface area (TPSA) is 70.6 Å². The largest absolute Gasteiger partial charge is 0.279 e. The highest BCUT2D eigenvalue weighted by Crippen LogP contribution is 2.31. The summed E-state index contributed by atoms with van der Waals surface area (Å²) in [6.07, 6.45) is 1.72. The van der Waals surface area contributed by atoms with Crippen LogP contribution in [0.1, 0.15) is 48.2 Å². The third kappa shape index (κ3) is 5.67. The number of carbonyl (C=O) groups is 1. The molecular weight excluding hydrogens is 490 g/mol. The van der Waals surface area contributed by atoms with Gasteiger partial charge in [-0.25, -0.2) is 13.4 Å². The number of unbranched alkanes of at least 4 members (excludes halogenated alkanes) is 1. The van der Waals surface area contributed by atoms with Crippen LogP contribution in [0.15, 0.2) is 77.7 Å². The third-order valence-corrected chi connectivity index (χ3v) is 9.07. The number of benzene rings is 3.